The van der Waals surface area contributed by atoms with Crippen LogP contribution in [-0.4, -0.2) is 27.2 Å². The number of carbonyl (C=O) groups is 1. The zero-order chi connectivity index (χ0) is 18.7. The fraction of sp³-hybridized carbons (Fsp3) is 0.227. The van der Waals surface area contributed by atoms with E-state index in [1.54, 1.807) is 22.5 Å². The summed E-state index contributed by atoms with van der Waals surface area (Å²) in [5, 5.41) is 14.5. The number of hydrogen-bond donors (Lipinski definition) is 1. The largest absolute Gasteiger partial charge is 0.478 e. The van der Waals surface area contributed by atoms with Gasteiger partial charge in [0.1, 0.15) is 0 Å². The Morgan fingerprint density at radius 3 is 2.08 bits per heavy atom. The van der Waals surface area contributed by atoms with Crippen molar-refractivity contribution in [3.63, 3.8) is 0 Å². The summed E-state index contributed by atoms with van der Waals surface area (Å²) in [6.07, 6.45) is 0. The number of hydrogen-bond acceptors (Lipinski definition) is 1. The minimum absolute atomic E-state index is 0.336. The van der Waals surface area contributed by atoms with E-state index in [1.807, 2.05) is 12.1 Å². The highest BCUT2D eigenvalue weighted by Gasteiger charge is 2.44. The molecule has 0 unspecified atom stereocenters. The Kier molecular flexibility index (Phi) is 3.75. The summed E-state index contributed by atoms with van der Waals surface area (Å²) in [5.41, 5.74) is 4.26. The van der Waals surface area contributed by atoms with Crippen molar-refractivity contribution >= 4 is 43.3 Å². The predicted octanol–water partition coefficient (Wildman–Crippen LogP) is 4.59. The maximum Gasteiger partial charge on any atom is 0.335 e. The summed E-state index contributed by atoms with van der Waals surface area (Å²) in [6.45, 7) is 10.0. The lowest BCUT2D eigenvalue weighted by Gasteiger charge is -2.19. The first-order valence-corrected chi connectivity index (χ1v) is 15.5. The number of carboxylic acids is 1. The topological polar surface area (TPSA) is 37.3 Å². The molecule has 1 N–H and O–H groups in total. The van der Waals surface area contributed by atoms with Gasteiger partial charge in [-0.2, -0.15) is 0 Å². The molecule has 0 radical (unpaired) electrons. The molecule has 0 atom stereocenters. The Morgan fingerprint density at radius 1 is 0.769 bits per heavy atom. The van der Waals surface area contributed by atoms with Crippen molar-refractivity contribution < 1.29 is 9.90 Å². The van der Waals surface area contributed by atoms with Crippen LogP contribution in [0.3, 0.4) is 0 Å². The van der Waals surface area contributed by atoms with Gasteiger partial charge in [-0.15, -0.1) is 0 Å². The van der Waals surface area contributed by atoms with Crippen LogP contribution in [-0.2, 0) is 0 Å². The van der Waals surface area contributed by atoms with Gasteiger partial charge >= 0.3 is 5.97 Å². The number of rotatable bonds is 2. The number of fused-ring (bicyclic) bond motifs is 2. The molecule has 0 spiro atoms. The molecule has 3 aromatic rings. The van der Waals surface area contributed by atoms with Gasteiger partial charge in [-0.3, -0.25) is 0 Å². The fourth-order valence-corrected chi connectivity index (χ4v) is 19.8. The average molecular weight is 377 g/mol. The first-order valence-electron chi connectivity index (χ1n) is 9.10. The van der Waals surface area contributed by atoms with Crippen molar-refractivity contribution in [3.8, 4) is 11.1 Å². The SMILES string of the molecule is C[Si]1(C)C[Si](C)(C)c2cc(-c3ccc4cc(C(=O)O)ccc4c3)ccc21. The van der Waals surface area contributed by atoms with Gasteiger partial charge in [-0.25, -0.2) is 4.79 Å². The zero-order valence-corrected chi connectivity index (χ0v) is 17.8. The summed E-state index contributed by atoms with van der Waals surface area (Å²) in [5.74, 6) is -0.881. The smallest absolute Gasteiger partial charge is 0.335 e. The lowest BCUT2D eigenvalue weighted by Crippen LogP contribution is -2.43. The van der Waals surface area contributed by atoms with Crippen LogP contribution in [0.4, 0.5) is 0 Å². The quantitative estimate of drug-likeness (QED) is 0.664. The third-order valence-corrected chi connectivity index (χ3v) is 16.9. The van der Waals surface area contributed by atoms with E-state index in [9.17, 15) is 4.79 Å². The Balaban J connectivity index is 1.81. The molecule has 0 aliphatic carbocycles. The molecule has 26 heavy (non-hydrogen) atoms. The summed E-state index contributed by atoms with van der Waals surface area (Å²) in [6, 6.07) is 18.8. The molecule has 2 nitrogen and oxygen atoms in total. The maximum absolute atomic E-state index is 11.2. The van der Waals surface area contributed by atoms with Crippen LogP contribution < -0.4 is 10.4 Å². The Bertz CT molecular complexity index is 1050. The van der Waals surface area contributed by atoms with Gasteiger partial charge in [0.2, 0.25) is 0 Å². The molecule has 1 aliphatic rings. The number of benzene rings is 3. The first-order chi connectivity index (χ1) is 12.2. The van der Waals surface area contributed by atoms with Crippen molar-refractivity contribution in [2.75, 3.05) is 0 Å². The first kappa shape index (κ1) is 17.2. The molecular weight excluding hydrogens is 352 g/mol. The van der Waals surface area contributed by atoms with E-state index in [4.69, 9.17) is 5.11 Å². The van der Waals surface area contributed by atoms with Gasteiger partial charge in [0.05, 0.1) is 21.7 Å². The van der Waals surface area contributed by atoms with E-state index in [2.05, 4.69) is 56.5 Å². The second-order valence-electron chi connectivity index (χ2n) is 8.79. The van der Waals surface area contributed by atoms with Crippen LogP contribution in [0.1, 0.15) is 10.4 Å². The molecule has 0 amide bonds. The van der Waals surface area contributed by atoms with Crippen molar-refractivity contribution in [2.24, 2.45) is 0 Å². The highest BCUT2D eigenvalue weighted by Crippen LogP contribution is 2.30. The van der Waals surface area contributed by atoms with E-state index in [0.717, 1.165) is 10.8 Å². The van der Waals surface area contributed by atoms with Gasteiger partial charge in [-0.05, 0) is 40.1 Å². The van der Waals surface area contributed by atoms with Crippen LogP contribution >= 0.6 is 0 Å². The van der Waals surface area contributed by atoms with Crippen molar-refractivity contribution in [2.45, 2.75) is 31.9 Å². The van der Waals surface area contributed by atoms with Gasteiger partial charge in [-0.1, -0.05) is 78.6 Å². The summed E-state index contributed by atoms with van der Waals surface area (Å²) >= 11 is 0. The van der Waals surface area contributed by atoms with E-state index >= 15 is 0 Å². The molecule has 132 valence electrons. The standard InChI is InChI=1S/C22H24O2Si2/c1-25(2)14-26(3,4)21-13-18(9-10-20(21)25)16-5-6-17-12-19(22(23)24)8-7-15(17)11-16/h5-13H,14H2,1-4H3,(H,23,24). The third kappa shape index (κ3) is 2.73. The summed E-state index contributed by atoms with van der Waals surface area (Å²) in [4.78, 5) is 11.2. The maximum atomic E-state index is 11.2. The molecule has 0 bridgehead atoms. The minimum atomic E-state index is -1.34. The molecule has 3 aromatic carbocycles. The second-order valence-corrected chi connectivity index (χ2v) is 18.8. The van der Waals surface area contributed by atoms with Crippen LogP contribution in [0.25, 0.3) is 21.9 Å². The fourth-order valence-electron chi connectivity index (χ4n) is 4.73. The monoisotopic (exact) mass is 376 g/mol. The Labute approximate surface area is 156 Å². The van der Waals surface area contributed by atoms with Gasteiger partial charge in [0.15, 0.2) is 0 Å². The highest BCUT2D eigenvalue weighted by atomic mass is 28.4. The van der Waals surface area contributed by atoms with Crippen molar-refractivity contribution in [3.05, 3.63) is 60.2 Å². The molecule has 0 saturated heterocycles. The molecule has 4 rings (SSSR count). The van der Waals surface area contributed by atoms with E-state index in [0.29, 0.717) is 5.56 Å². The van der Waals surface area contributed by atoms with Crippen LogP contribution in [0.15, 0.2) is 54.6 Å². The Hall–Kier alpha value is -2.18. The van der Waals surface area contributed by atoms with Gasteiger partial charge in [0.25, 0.3) is 0 Å². The van der Waals surface area contributed by atoms with Crippen LogP contribution in [0.5, 0.6) is 0 Å². The van der Waals surface area contributed by atoms with Crippen molar-refractivity contribution in [1.82, 2.24) is 0 Å². The lowest BCUT2D eigenvalue weighted by molar-refractivity contribution is 0.0697. The van der Waals surface area contributed by atoms with E-state index in [1.165, 1.54) is 16.8 Å². The molecule has 0 saturated carbocycles. The molecule has 1 aliphatic heterocycles. The van der Waals surface area contributed by atoms with Crippen LogP contribution in [0.2, 0.25) is 31.9 Å². The van der Waals surface area contributed by atoms with Crippen molar-refractivity contribution in [1.29, 1.82) is 0 Å². The minimum Gasteiger partial charge on any atom is -0.478 e. The Morgan fingerprint density at radius 2 is 1.35 bits per heavy atom. The van der Waals surface area contributed by atoms with E-state index in [-0.39, 0.29) is 0 Å². The second kappa shape index (κ2) is 5.66. The normalized spacial score (nSPS) is 17.2. The number of aromatic carboxylic acids is 1. The van der Waals surface area contributed by atoms with E-state index < -0.39 is 22.1 Å². The zero-order valence-electron chi connectivity index (χ0n) is 15.8. The molecule has 0 fully saturated rings. The molecular formula is C22H24O2Si2. The lowest BCUT2D eigenvalue weighted by atomic mass is 10.00. The average Bonchev–Trinajstić information content (AvgIpc) is 2.78. The summed E-state index contributed by atoms with van der Waals surface area (Å²) in [7, 11) is -2.61. The molecule has 0 aromatic heterocycles. The predicted molar refractivity (Wildman–Crippen MR) is 115 cm³/mol. The number of carboxylic acid groups (broad SMARTS) is 1. The molecule has 4 heteroatoms. The summed E-state index contributed by atoms with van der Waals surface area (Å²) < 4.78 is 0. The van der Waals surface area contributed by atoms with Crippen LogP contribution in [0, 0.1) is 0 Å². The third-order valence-electron chi connectivity index (χ3n) is 5.78. The van der Waals surface area contributed by atoms with Gasteiger partial charge < -0.3 is 5.11 Å². The highest BCUT2D eigenvalue weighted by molar-refractivity contribution is 7.14. The molecule has 1 heterocycles. The van der Waals surface area contributed by atoms with Gasteiger partial charge in [0, 0.05) is 0 Å².